The van der Waals surface area contributed by atoms with Crippen LogP contribution in [0, 0.1) is 5.92 Å². The Kier molecular flexibility index (Phi) is 3.88. The Labute approximate surface area is 83.6 Å². The van der Waals surface area contributed by atoms with E-state index in [9.17, 15) is 9.59 Å². The van der Waals surface area contributed by atoms with Crippen LogP contribution < -0.4 is 11.3 Å². The van der Waals surface area contributed by atoms with E-state index in [0.29, 0.717) is 19.0 Å². The highest BCUT2D eigenvalue weighted by Crippen LogP contribution is 2.20. The van der Waals surface area contributed by atoms with Gasteiger partial charge in [-0.2, -0.15) is 0 Å². The molecule has 14 heavy (non-hydrogen) atoms. The largest absolute Gasteiger partial charge is 0.334 e. The summed E-state index contributed by atoms with van der Waals surface area (Å²) in [6.07, 6.45) is 3.24. The van der Waals surface area contributed by atoms with Gasteiger partial charge in [-0.25, -0.2) is 5.84 Å². The molecule has 0 bridgehead atoms. The van der Waals surface area contributed by atoms with Crippen LogP contribution in [0.2, 0.25) is 0 Å². The van der Waals surface area contributed by atoms with E-state index in [1.807, 2.05) is 5.43 Å². The molecule has 0 aromatic heterocycles. The zero-order valence-electron chi connectivity index (χ0n) is 8.45. The molecule has 0 spiro atoms. The van der Waals surface area contributed by atoms with Gasteiger partial charge < -0.3 is 4.90 Å². The fraction of sp³-hybridized carbons (Fsp3) is 0.778. The van der Waals surface area contributed by atoms with Crippen molar-refractivity contribution < 1.29 is 9.59 Å². The van der Waals surface area contributed by atoms with Crippen LogP contribution >= 0.6 is 0 Å². The minimum Gasteiger partial charge on any atom is -0.334 e. The number of carbonyl (C=O) groups excluding carboxylic acids is 2. The zero-order chi connectivity index (χ0) is 10.6. The van der Waals surface area contributed by atoms with Crippen molar-refractivity contribution in [3.63, 3.8) is 0 Å². The third kappa shape index (κ3) is 2.45. The number of carbonyl (C=O) groups is 2. The van der Waals surface area contributed by atoms with E-state index in [-0.39, 0.29) is 0 Å². The first-order chi connectivity index (χ1) is 6.69. The minimum atomic E-state index is -0.720. The maximum absolute atomic E-state index is 11.4. The predicted octanol–water partition coefficient (Wildman–Crippen LogP) is -0.375. The van der Waals surface area contributed by atoms with Crippen molar-refractivity contribution in [1.29, 1.82) is 0 Å². The fourth-order valence-corrected chi connectivity index (χ4v) is 1.87. The number of amides is 2. The quantitative estimate of drug-likeness (QED) is 0.275. The molecule has 1 heterocycles. The van der Waals surface area contributed by atoms with Gasteiger partial charge in [0, 0.05) is 13.1 Å². The Morgan fingerprint density at radius 3 is 2.86 bits per heavy atom. The standard InChI is InChI=1S/C9H17N3O2/c1-2-3-7-4-5-12(6-7)9(14)8(13)11-10/h7H,2-6,10H2,1H3,(H,11,13). The second-order valence-electron chi connectivity index (χ2n) is 3.67. The molecule has 1 fully saturated rings. The van der Waals surface area contributed by atoms with E-state index in [4.69, 9.17) is 5.84 Å². The molecule has 5 nitrogen and oxygen atoms in total. The molecule has 1 saturated heterocycles. The molecule has 3 N–H and O–H groups in total. The summed E-state index contributed by atoms with van der Waals surface area (Å²) >= 11 is 0. The first kappa shape index (κ1) is 11.0. The van der Waals surface area contributed by atoms with Crippen LogP contribution in [0.5, 0.6) is 0 Å². The lowest BCUT2D eigenvalue weighted by molar-refractivity contribution is -0.145. The highest BCUT2D eigenvalue weighted by Gasteiger charge is 2.28. The molecular formula is C9H17N3O2. The first-order valence-corrected chi connectivity index (χ1v) is 4.98. The number of rotatable bonds is 2. The zero-order valence-corrected chi connectivity index (χ0v) is 8.45. The van der Waals surface area contributed by atoms with Crippen molar-refractivity contribution in [2.45, 2.75) is 26.2 Å². The number of hydrogen-bond acceptors (Lipinski definition) is 3. The molecule has 1 rings (SSSR count). The van der Waals surface area contributed by atoms with Crippen LogP contribution in [0.25, 0.3) is 0 Å². The number of nitrogens with zero attached hydrogens (tertiary/aromatic N) is 1. The lowest BCUT2D eigenvalue weighted by Crippen LogP contribution is -2.44. The van der Waals surface area contributed by atoms with Crippen molar-refractivity contribution in [3.05, 3.63) is 0 Å². The van der Waals surface area contributed by atoms with Crippen LogP contribution in [-0.2, 0) is 9.59 Å². The molecule has 1 unspecified atom stereocenters. The molecule has 2 amide bonds. The Hall–Kier alpha value is -1.10. The molecule has 1 aliphatic heterocycles. The summed E-state index contributed by atoms with van der Waals surface area (Å²) in [5.74, 6) is 4.21. The van der Waals surface area contributed by atoms with E-state index in [2.05, 4.69) is 6.92 Å². The summed E-state index contributed by atoms with van der Waals surface area (Å²) in [4.78, 5) is 23.9. The van der Waals surface area contributed by atoms with E-state index in [0.717, 1.165) is 19.3 Å². The average molecular weight is 199 g/mol. The molecule has 0 saturated carbocycles. The summed E-state index contributed by atoms with van der Waals surface area (Å²) in [7, 11) is 0. The SMILES string of the molecule is CCCC1CCN(C(=O)C(=O)NN)C1. The average Bonchev–Trinajstić information content (AvgIpc) is 2.64. The maximum Gasteiger partial charge on any atom is 0.323 e. The lowest BCUT2D eigenvalue weighted by Gasteiger charge is -2.14. The molecule has 5 heteroatoms. The number of nitrogens with two attached hydrogens (primary N) is 1. The van der Waals surface area contributed by atoms with E-state index in [1.54, 1.807) is 4.90 Å². The number of likely N-dealkylation sites (tertiary alicyclic amines) is 1. The molecule has 0 aromatic carbocycles. The second-order valence-corrected chi connectivity index (χ2v) is 3.67. The van der Waals surface area contributed by atoms with Gasteiger partial charge in [-0.05, 0) is 18.8 Å². The molecule has 0 radical (unpaired) electrons. The summed E-state index contributed by atoms with van der Waals surface area (Å²) in [6.45, 7) is 3.49. The van der Waals surface area contributed by atoms with Crippen LogP contribution in [0.1, 0.15) is 26.2 Å². The van der Waals surface area contributed by atoms with Crippen LogP contribution in [0.4, 0.5) is 0 Å². The number of hydrazine groups is 1. The summed E-state index contributed by atoms with van der Waals surface area (Å²) < 4.78 is 0. The Morgan fingerprint density at radius 1 is 1.57 bits per heavy atom. The molecule has 0 aliphatic carbocycles. The molecule has 0 aromatic rings. The Morgan fingerprint density at radius 2 is 2.29 bits per heavy atom. The van der Waals surface area contributed by atoms with Gasteiger partial charge in [0.2, 0.25) is 0 Å². The highest BCUT2D eigenvalue weighted by atomic mass is 16.2. The second kappa shape index (κ2) is 4.95. The smallest absolute Gasteiger partial charge is 0.323 e. The van der Waals surface area contributed by atoms with Crippen LogP contribution in [0.15, 0.2) is 0 Å². The third-order valence-electron chi connectivity index (χ3n) is 2.60. The van der Waals surface area contributed by atoms with Gasteiger partial charge in [0.05, 0.1) is 0 Å². The summed E-state index contributed by atoms with van der Waals surface area (Å²) in [5.41, 5.74) is 1.86. The first-order valence-electron chi connectivity index (χ1n) is 4.98. The normalized spacial score (nSPS) is 21.0. The van der Waals surface area contributed by atoms with Crippen molar-refractivity contribution in [1.82, 2.24) is 10.3 Å². The molecular weight excluding hydrogens is 182 g/mol. The predicted molar refractivity (Wildman–Crippen MR) is 51.9 cm³/mol. The minimum absolute atomic E-state index is 0.508. The van der Waals surface area contributed by atoms with E-state index < -0.39 is 11.8 Å². The van der Waals surface area contributed by atoms with Gasteiger partial charge in [-0.1, -0.05) is 13.3 Å². The molecule has 1 aliphatic rings. The van der Waals surface area contributed by atoms with E-state index >= 15 is 0 Å². The van der Waals surface area contributed by atoms with Crippen molar-refractivity contribution >= 4 is 11.8 Å². The topological polar surface area (TPSA) is 75.4 Å². The van der Waals surface area contributed by atoms with Gasteiger partial charge >= 0.3 is 11.8 Å². The number of nitrogens with one attached hydrogen (secondary N) is 1. The Balaban J connectivity index is 2.41. The Bertz CT molecular complexity index is 230. The van der Waals surface area contributed by atoms with Crippen LogP contribution in [0.3, 0.4) is 0 Å². The van der Waals surface area contributed by atoms with Gasteiger partial charge in [-0.3, -0.25) is 15.0 Å². The van der Waals surface area contributed by atoms with Crippen molar-refractivity contribution in [2.75, 3.05) is 13.1 Å². The van der Waals surface area contributed by atoms with Crippen molar-refractivity contribution in [2.24, 2.45) is 11.8 Å². The highest BCUT2D eigenvalue weighted by molar-refractivity contribution is 6.34. The molecule has 80 valence electrons. The lowest BCUT2D eigenvalue weighted by atomic mass is 10.0. The van der Waals surface area contributed by atoms with E-state index in [1.165, 1.54) is 0 Å². The third-order valence-corrected chi connectivity index (χ3v) is 2.60. The van der Waals surface area contributed by atoms with Gasteiger partial charge in [0.1, 0.15) is 0 Å². The van der Waals surface area contributed by atoms with Gasteiger partial charge in [-0.15, -0.1) is 0 Å². The fourth-order valence-electron chi connectivity index (χ4n) is 1.87. The monoisotopic (exact) mass is 199 g/mol. The van der Waals surface area contributed by atoms with Crippen LogP contribution in [-0.4, -0.2) is 29.8 Å². The maximum atomic E-state index is 11.4. The summed E-state index contributed by atoms with van der Waals surface area (Å²) in [6, 6.07) is 0. The van der Waals surface area contributed by atoms with Crippen molar-refractivity contribution in [3.8, 4) is 0 Å². The summed E-state index contributed by atoms with van der Waals surface area (Å²) in [5, 5.41) is 0. The number of hydrogen-bond donors (Lipinski definition) is 2. The molecule has 1 atom stereocenters. The van der Waals surface area contributed by atoms with Gasteiger partial charge in [0.25, 0.3) is 0 Å². The van der Waals surface area contributed by atoms with Gasteiger partial charge in [0.15, 0.2) is 0 Å².